The lowest BCUT2D eigenvalue weighted by Crippen LogP contribution is -2.15. The molecule has 1 aliphatic rings. The summed E-state index contributed by atoms with van der Waals surface area (Å²) in [5.41, 5.74) is 0. The Hall–Kier alpha value is -0.610. The van der Waals surface area contributed by atoms with Crippen molar-refractivity contribution in [2.24, 2.45) is 0 Å². The molecule has 1 saturated carbocycles. The summed E-state index contributed by atoms with van der Waals surface area (Å²) < 4.78 is 7.35. The Balaban J connectivity index is 2.13. The highest BCUT2D eigenvalue weighted by Crippen LogP contribution is 2.30. The van der Waals surface area contributed by atoms with Crippen LogP contribution in [-0.4, -0.2) is 28.5 Å². The Labute approximate surface area is 120 Å². The maximum atomic E-state index is 5.96. The van der Waals surface area contributed by atoms with Gasteiger partial charge in [0.25, 0.3) is 0 Å². The second kappa shape index (κ2) is 7.85. The zero-order valence-corrected chi connectivity index (χ0v) is 12.5. The molecule has 0 amide bonds. The Bertz CT molecular complexity index is 373. The molecule has 0 saturated heterocycles. The number of halogens is 1. The quantitative estimate of drug-likeness (QED) is 0.778. The van der Waals surface area contributed by atoms with Crippen LogP contribution >= 0.6 is 11.6 Å². The molecule has 0 aliphatic heterocycles. The summed E-state index contributed by atoms with van der Waals surface area (Å²) in [7, 11) is 1.72. The van der Waals surface area contributed by atoms with Gasteiger partial charge in [-0.05, 0) is 12.8 Å². The van der Waals surface area contributed by atoms with E-state index in [0.717, 1.165) is 18.2 Å². The summed E-state index contributed by atoms with van der Waals surface area (Å²) >= 11 is 5.96. The summed E-state index contributed by atoms with van der Waals surface area (Å²) in [4.78, 5) is 0. The molecule has 19 heavy (non-hydrogen) atoms. The third-order valence-electron chi connectivity index (χ3n) is 3.96. The van der Waals surface area contributed by atoms with Crippen LogP contribution in [0.25, 0.3) is 0 Å². The van der Waals surface area contributed by atoms with Crippen molar-refractivity contribution in [1.82, 2.24) is 14.8 Å². The van der Waals surface area contributed by atoms with Gasteiger partial charge in [0.2, 0.25) is 0 Å². The van der Waals surface area contributed by atoms with Crippen molar-refractivity contribution in [3.63, 3.8) is 0 Å². The first-order valence-corrected chi connectivity index (χ1v) is 7.87. The Morgan fingerprint density at radius 2 is 1.84 bits per heavy atom. The lowest BCUT2D eigenvalue weighted by atomic mass is 9.90. The number of alkyl halides is 1. The van der Waals surface area contributed by atoms with E-state index in [2.05, 4.69) is 14.8 Å². The van der Waals surface area contributed by atoms with Gasteiger partial charge in [-0.3, -0.25) is 0 Å². The van der Waals surface area contributed by atoms with E-state index in [1.807, 2.05) is 0 Å². The molecule has 0 atom stereocenters. The maximum Gasteiger partial charge on any atom is 0.148 e. The number of hydrogen-bond donors (Lipinski definition) is 0. The van der Waals surface area contributed by atoms with Gasteiger partial charge in [-0.25, -0.2) is 0 Å². The molecule has 1 aromatic heterocycles. The van der Waals surface area contributed by atoms with E-state index in [4.69, 9.17) is 16.3 Å². The van der Waals surface area contributed by atoms with Crippen LogP contribution in [-0.2, 0) is 17.2 Å². The van der Waals surface area contributed by atoms with Crippen molar-refractivity contribution in [3.8, 4) is 0 Å². The third kappa shape index (κ3) is 3.93. The van der Waals surface area contributed by atoms with E-state index in [-0.39, 0.29) is 0 Å². The predicted molar refractivity (Wildman–Crippen MR) is 76.5 cm³/mol. The summed E-state index contributed by atoms with van der Waals surface area (Å²) in [5, 5.41) is 8.65. The molecule has 0 spiro atoms. The van der Waals surface area contributed by atoms with Gasteiger partial charge in [-0.15, -0.1) is 21.8 Å². The van der Waals surface area contributed by atoms with Gasteiger partial charge in [-0.2, -0.15) is 0 Å². The van der Waals surface area contributed by atoms with Crippen LogP contribution in [0.15, 0.2) is 0 Å². The number of aromatic nitrogens is 3. The maximum absolute atomic E-state index is 5.96. The highest BCUT2D eigenvalue weighted by atomic mass is 35.5. The number of nitrogens with zero attached hydrogens (tertiary/aromatic N) is 3. The van der Waals surface area contributed by atoms with Crippen LogP contribution in [0.1, 0.15) is 62.5 Å². The Kier molecular flexibility index (Phi) is 6.11. The van der Waals surface area contributed by atoms with Gasteiger partial charge < -0.3 is 9.30 Å². The molecule has 1 fully saturated rings. The monoisotopic (exact) mass is 285 g/mol. The molecule has 5 heteroatoms. The van der Waals surface area contributed by atoms with Gasteiger partial charge in [0, 0.05) is 19.6 Å². The first kappa shape index (κ1) is 14.8. The van der Waals surface area contributed by atoms with Crippen LogP contribution in [0.5, 0.6) is 0 Å². The SMILES string of the molecule is COCCn1c(CCl)nnc1C1CCCCCCC1. The summed E-state index contributed by atoms with van der Waals surface area (Å²) in [5.74, 6) is 2.95. The number of hydrogen-bond acceptors (Lipinski definition) is 3. The third-order valence-corrected chi connectivity index (χ3v) is 4.20. The number of rotatable bonds is 5. The topological polar surface area (TPSA) is 39.9 Å². The predicted octanol–water partition coefficient (Wildman–Crippen LogP) is 3.49. The zero-order chi connectivity index (χ0) is 13.5. The second-order valence-electron chi connectivity index (χ2n) is 5.29. The molecule has 4 nitrogen and oxygen atoms in total. The first-order valence-electron chi connectivity index (χ1n) is 7.33. The molecule has 2 rings (SSSR count). The standard InChI is InChI=1S/C14H24ClN3O/c1-19-10-9-18-13(11-15)16-17-14(18)12-7-5-3-2-4-6-8-12/h12H,2-11H2,1H3. The highest BCUT2D eigenvalue weighted by molar-refractivity contribution is 6.16. The van der Waals surface area contributed by atoms with Crippen molar-refractivity contribution in [1.29, 1.82) is 0 Å². The van der Waals surface area contributed by atoms with E-state index < -0.39 is 0 Å². The van der Waals surface area contributed by atoms with Crippen molar-refractivity contribution in [3.05, 3.63) is 11.6 Å². The minimum Gasteiger partial charge on any atom is -0.383 e. The largest absolute Gasteiger partial charge is 0.383 e. The van der Waals surface area contributed by atoms with Gasteiger partial charge in [0.05, 0.1) is 12.5 Å². The van der Waals surface area contributed by atoms with Crippen molar-refractivity contribution in [2.45, 2.75) is 63.3 Å². The molecular weight excluding hydrogens is 262 g/mol. The minimum absolute atomic E-state index is 0.420. The fourth-order valence-electron chi connectivity index (χ4n) is 2.89. The normalized spacial score (nSPS) is 18.2. The van der Waals surface area contributed by atoms with Crippen molar-refractivity contribution >= 4 is 11.6 Å². The van der Waals surface area contributed by atoms with Crippen LogP contribution < -0.4 is 0 Å². The smallest absolute Gasteiger partial charge is 0.148 e. The molecule has 0 aromatic carbocycles. The molecule has 0 bridgehead atoms. The van der Waals surface area contributed by atoms with E-state index in [1.165, 1.54) is 44.9 Å². The number of ether oxygens (including phenoxy) is 1. The van der Waals surface area contributed by atoms with E-state index in [1.54, 1.807) is 7.11 Å². The fourth-order valence-corrected chi connectivity index (χ4v) is 3.09. The van der Waals surface area contributed by atoms with Crippen LogP contribution in [0, 0.1) is 0 Å². The second-order valence-corrected chi connectivity index (χ2v) is 5.56. The van der Waals surface area contributed by atoms with Crippen LogP contribution in [0.2, 0.25) is 0 Å². The van der Waals surface area contributed by atoms with Crippen molar-refractivity contribution in [2.75, 3.05) is 13.7 Å². The average molecular weight is 286 g/mol. The first-order chi connectivity index (χ1) is 9.36. The van der Waals surface area contributed by atoms with Crippen LogP contribution in [0.4, 0.5) is 0 Å². The minimum atomic E-state index is 0.420. The van der Waals surface area contributed by atoms with Gasteiger partial charge in [0.1, 0.15) is 11.6 Å². The van der Waals surface area contributed by atoms with Crippen LogP contribution in [0.3, 0.4) is 0 Å². The lowest BCUT2D eigenvalue weighted by Gasteiger charge is -2.20. The molecule has 0 radical (unpaired) electrons. The van der Waals surface area contributed by atoms with E-state index >= 15 is 0 Å². The highest BCUT2D eigenvalue weighted by Gasteiger charge is 2.21. The lowest BCUT2D eigenvalue weighted by molar-refractivity contribution is 0.184. The molecule has 1 heterocycles. The van der Waals surface area contributed by atoms with Crippen molar-refractivity contribution < 1.29 is 4.74 Å². The zero-order valence-electron chi connectivity index (χ0n) is 11.8. The van der Waals surface area contributed by atoms with Gasteiger partial charge in [0.15, 0.2) is 0 Å². The van der Waals surface area contributed by atoms with Gasteiger partial charge >= 0.3 is 0 Å². The molecule has 0 unspecified atom stereocenters. The fraction of sp³-hybridized carbons (Fsp3) is 0.857. The molecule has 1 aliphatic carbocycles. The Morgan fingerprint density at radius 3 is 2.47 bits per heavy atom. The molecule has 0 N–H and O–H groups in total. The number of methoxy groups -OCH3 is 1. The summed E-state index contributed by atoms with van der Waals surface area (Å²) in [6.45, 7) is 1.49. The molecular formula is C14H24ClN3O. The van der Waals surface area contributed by atoms with E-state index in [0.29, 0.717) is 18.4 Å². The Morgan fingerprint density at radius 1 is 1.16 bits per heavy atom. The molecule has 1 aromatic rings. The average Bonchev–Trinajstić information content (AvgIpc) is 2.79. The van der Waals surface area contributed by atoms with Gasteiger partial charge in [-0.1, -0.05) is 32.1 Å². The summed E-state index contributed by atoms with van der Waals surface area (Å²) in [6, 6.07) is 0. The van der Waals surface area contributed by atoms with E-state index in [9.17, 15) is 0 Å². The molecule has 108 valence electrons. The summed E-state index contributed by atoms with van der Waals surface area (Å²) in [6.07, 6.45) is 9.16.